The predicted molar refractivity (Wildman–Crippen MR) is 163 cm³/mol. The van der Waals surface area contributed by atoms with Gasteiger partial charge in [0.2, 0.25) is 11.8 Å². The smallest absolute Gasteiger partial charge is 0.263 e. The summed E-state index contributed by atoms with van der Waals surface area (Å²) in [5, 5.41) is 9.83. The van der Waals surface area contributed by atoms with Crippen molar-refractivity contribution in [2.75, 3.05) is 5.32 Å². The number of rotatable bonds is 6. The third-order valence-corrected chi connectivity index (χ3v) is 9.47. The summed E-state index contributed by atoms with van der Waals surface area (Å²) in [6.45, 7) is 5.17. The van der Waals surface area contributed by atoms with E-state index in [-0.39, 0.29) is 30.2 Å². The van der Waals surface area contributed by atoms with E-state index in [9.17, 15) is 18.8 Å². The first kappa shape index (κ1) is 29.5. The van der Waals surface area contributed by atoms with Gasteiger partial charge in [0.1, 0.15) is 17.0 Å². The molecule has 7 nitrogen and oxygen atoms in total. The van der Waals surface area contributed by atoms with Gasteiger partial charge in [0.05, 0.1) is 6.04 Å². The van der Waals surface area contributed by atoms with E-state index in [2.05, 4.69) is 16.0 Å². The van der Waals surface area contributed by atoms with Crippen molar-refractivity contribution in [3.63, 3.8) is 0 Å². The molecule has 43 heavy (non-hydrogen) atoms. The van der Waals surface area contributed by atoms with Gasteiger partial charge in [-0.15, -0.1) is 0 Å². The molecule has 2 heterocycles. The summed E-state index contributed by atoms with van der Waals surface area (Å²) in [5.41, 5.74) is 0.0660. The van der Waals surface area contributed by atoms with E-state index in [1.807, 2.05) is 6.92 Å². The van der Waals surface area contributed by atoms with Crippen LogP contribution in [0.5, 0.6) is 5.75 Å². The van der Waals surface area contributed by atoms with Crippen molar-refractivity contribution >= 4 is 46.6 Å². The molecule has 1 spiro atoms. The Kier molecular flexibility index (Phi) is 7.42. The second kappa shape index (κ2) is 10.8. The summed E-state index contributed by atoms with van der Waals surface area (Å²) in [4.78, 5) is 41.1. The number of anilines is 1. The Morgan fingerprint density at radius 2 is 1.74 bits per heavy atom. The first-order chi connectivity index (χ1) is 20.4. The maximum absolute atomic E-state index is 14.7. The first-order valence-corrected chi connectivity index (χ1v) is 15.1. The molecule has 3 N–H and O–H groups in total. The highest BCUT2D eigenvalue weighted by Crippen LogP contribution is 2.59. The molecule has 6 rings (SSSR count). The number of benzene rings is 3. The van der Waals surface area contributed by atoms with Crippen LogP contribution >= 0.6 is 23.2 Å². The number of halogens is 3. The number of hydrogen-bond acceptors (Lipinski definition) is 4. The van der Waals surface area contributed by atoms with E-state index in [0.29, 0.717) is 43.7 Å². The van der Waals surface area contributed by atoms with Gasteiger partial charge < -0.3 is 20.7 Å². The molecule has 3 aliphatic rings. The molecule has 0 unspecified atom stereocenters. The van der Waals surface area contributed by atoms with Gasteiger partial charge in [0.25, 0.3) is 5.91 Å². The highest BCUT2D eigenvalue weighted by atomic mass is 35.5. The van der Waals surface area contributed by atoms with Crippen LogP contribution in [0.15, 0.2) is 54.6 Å². The van der Waals surface area contributed by atoms with Gasteiger partial charge in [-0.1, -0.05) is 35.3 Å². The number of ether oxygens (including phenoxy) is 1. The Labute approximate surface area is 259 Å². The SMILES string of the molecule is Cc1ccc(F)cc1[C@@H]1NC(=O)C[C@H](c2cc(Cl)ccc2OC(C)(C)C(=O)NC2CCC2)[C@@]12C(=O)Nc1cc(Cl)ccc12. The van der Waals surface area contributed by atoms with Crippen LogP contribution in [0.1, 0.15) is 73.7 Å². The Hall–Kier alpha value is -3.62. The largest absolute Gasteiger partial charge is 0.478 e. The fourth-order valence-corrected chi connectivity index (χ4v) is 6.91. The van der Waals surface area contributed by atoms with Crippen molar-refractivity contribution in [1.82, 2.24) is 10.6 Å². The molecule has 224 valence electrons. The molecule has 10 heteroatoms. The zero-order valence-corrected chi connectivity index (χ0v) is 25.5. The van der Waals surface area contributed by atoms with E-state index >= 15 is 0 Å². The monoisotopic (exact) mass is 623 g/mol. The number of aryl methyl sites for hydroxylation is 1. The number of hydrogen-bond donors (Lipinski definition) is 3. The van der Waals surface area contributed by atoms with Crippen LogP contribution < -0.4 is 20.7 Å². The van der Waals surface area contributed by atoms with Crippen LogP contribution in [0, 0.1) is 12.7 Å². The topological polar surface area (TPSA) is 96.5 Å². The molecule has 3 aromatic rings. The minimum atomic E-state index is -1.44. The van der Waals surface area contributed by atoms with Crippen molar-refractivity contribution in [3.05, 3.63) is 92.7 Å². The van der Waals surface area contributed by atoms with Gasteiger partial charge in [0, 0.05) is 39.7 Å². The van der Waals surface area contributed by atoms with Crippen LogP contribution in [0.2, 0.25) is 10.0 Å². The molecule has 2 fully saturated rings. The van der Waals surface area contributed by atoms with Gasteiger partial charge in [-0.2, -0.15) is 0 Å². The van der Waals surface area contributed by atoms with E-state index < -0.39 is 28.8 Å². The average molecular weight is 625 g/mol. The minimum absolute atomic E-state index is 0.0915. The highest BCUT2D eigenvalue weighted by Gasteiger charge is 2.62. The lowest BCUT2D eigenvalue weighted by Crippen LogP contribution is -2.57. The molecule has 3 amide bonds. The zero-order chi connectivity index (χ0) is 30.7. The quantitative estimate of drug-likeness (QED) is 0.292. The lowest BCUT2D eigenvalue weighted by molar-refractivity contribution is -0.136. The fourth-order valence-electron chi connectivity index (χ4n) is 6.56. The average Bonchev–Trinajstić information content (AvgIpc) is 3.20. The van der Waals surface area contributed by atoms with Gasteiger partial charge in [-0.05, 0) is 99.2 Å². The summed E-state index contributed by atoms with van der Waals surface area (Å²) in [6.07, 6.45) is 2.83. The number of carbonyl (C=O) groups excluding carboxylic acids is 3. The molecular weight excluding hydrogens is 592 g/mol. The number of fused-ring (bicyclic) bond motifs is 2. The molecule has 3 atom stereocenters. The molecule has 1 saturated heterocycles. The molecule has 0 aromatic heterocycles. The normalized spacial score (nSPS) is 23.3. The van der Waals surface area contributed by atoms with Crippen molar-refractivity contribution in [1.29, 1.82) is 0 Å². The van der Waals surface area contributed by atoms with E-state index in [4.69, 9.17) is 27.9 Å². The number of nitrogens with one attached hydrogen (secondary N) is 3. The van der Waals surface area contributed by atoms with Crippen molar-refractivity contribution in [3.8, 4) is 5.75 Å². The molecule has 3 aromatic carbocycles. The van der Waals surface area contributed by atoms with E-state index in [0.717, 1.165) is 19.3 Å². The lowest BCUT2D eigenvalue weighted by atomic mass is 9.59. The molecule has 1 saturated carbocycles. The Morgan fingerprint density at radius 1 is 1.02 bits per heavy atom. The maximum atomic E-state index is 14.7. The van der Waals surface area contributed by atoms with Gasteiger partial charge in [-0.25, -0.2) is 4.39 Å². The van der Waals surface area contributed by atoms with Gasteiger partial charge in [-0.3, -0.25) is 14.4 Å². The van der Waals surface area contributed by atoms with Crippen molar-refractivity contribution < 1.29 is 23.5 Å². The summed E-state index contributed by atoms with van der Waals surface area (Å²) in [5.74, 6) is -1.95. The van der Waals surface area contributed by atoms with Crippen molar-refractivity contribution in [2.45, 2.75) is 75.5 Å². The number of piperidine rings is 1. The van der Waals surface area contributed by atoms with Crippen LogP contribution in [-0.4, -0.2) is 29.4 Å². The molecule has 0 bridgehead atoms. The van der Waals surface area contributed by atoms with Gasteiger partial charge in [0.15, 0.2) is 5.60 Å². The third kappa shape index (κ3) is 5.04. The standard InChI is InChI=1S/C33H32Cl2FN3O4/c1-17-7-10-20(36)15-22(17)29-33(24-11-8-19(35)14-26(24)38-31(33)42)25(16-28(40)39-29)23-13-18(34)9-12-27(23)43-32(2,3)30(41)37-21-5-4-6-21/h7-15,21,25,29H,4-6,16H2,1-3H3,(H,37,41)(H,38,42)(H,39,40)/t25-,29+,33-/m1/s1. The van der Waals surface area contributed by atoms with Crippen LogP contribution in [0.25, 0.3) is 0 Å². The van der Waals surface area contributed by atoms with E-state index in [1.54, 1.807) is 56.3 Å². The second-order valence-corrected chi connectivity index (χ2v) is 13.0. The number of carbonyl (C=O) groups is 3. The van der Waals surface area contributed by atoms with Crippen LogP contribution in [-0.2, 0) is 19.8 Å². The second-order valence-electron chi connectivity index (χ2n) is 12.2. The Balaban J connectivity index is 1.54. The van der Waals surface area contributed by atoms with Crippen molar-refractivity contribution in [2.24, 2.45) is 0 Å². The Morgan fingerprint density at radius 3 is 2.47 bits per heavy atom. The lowest BCUT2D eigenvalue weighted by Gasteiger charge is -2.47. The fraction of sp³-hybridized carbons (Fsp3) is 0.364. The van der Waals surface area contributed by atoms with E-state index in [1.165, 1.54) is 12.1 Å². The molecular formula is C33H32Cl2FN3O4. The molecule has 0 radical (unpaired) electrons. The summed E-state index contributed by atoms with van der Waals surface area (Å²) in [6, 6.07) is 13.6. The minimum Gasteiger partial charge on any atom is -0.478 e. The Bertz CT molecular complexity index is 1660. The molecule has 2 aliphatic heterocycles. The number of amides is 3. The summed E-state index contributed by atoms with van der Waals surface area (Å²) < 4.78 is 21.2. The van der Waals surface area contributed by atoms with Crippen LogP contribution in [0.3, 0.4) is 0 Å². The molecule has 1 aliphatic carbocycles. The zero-order valence-electron chi connectivity index (χ0n) is 24.0. The summed E-state index contributed by atoms with van der Waals surface area (Å²) >= 11 is 12.9. The third-order valence-electron chi connectivity index (χ3n) is 9.00. The highest BCUT2D eigenvalue weighted by molar-refractivity contribution is 6.31. The summed E-state index contributed by atoms with van der Waals surface area (Å²) in [7, 11) is 0. The van der Waals surface area contributed by atoms with Crippen LogP contribution in [0.4, 0.5) is 10.1 Å². The first-order valence-electron chi connectivity index (χ1n) is 14.4. The maximum Gasteiger partial charge on any atom is 0.263 e. The van der Waals surface area contributed by atoms with Gasteiger partial charge >= 0.3 is 0 Å². The predicted octanol–water partition coefficient (Wildman–Crippen LogP) is 6.50.